The summed E-state index contributed by atoms with van der Waals surface area (Å²) in [7, 11) is 0. The summed E-state index contributed by atoms with van der Waals surface area (Å²) in [5, 5.41) is 0. The van der Waals surface area contributed by atoms with Crippen LogP contribution in [0.4, 0.5) is 0 Å². The largest absolute Gasteiger partial charge is 0.493 e. The van der Waals surface area contributed by atoms with Crippen LogP contribution in [-0.2, 0) is 9.53 Å². The summed E-state index contributed by atoms with van der Waals surface area (Å²) in [6, 6.07) is 3.57. The van der Waals surface area contributed by atoms with Gasteiger partial charge in [0.25, 0.3) is 0 Å². The molecule has 17 heavy (non-hydrogen) atoms. The van der Waals surface area contributed by atoms with Gasteiger partial charge in [-0.2, -0.15) is 0 Å². The minimum absolute atomic E-state index is 0.184. The van der Waals surface area contributed by atoms with Crippen LogP contribution in [0.1, 0.15) is 33.6 Å². The number of ether oxygens (including phenoxy) is 2. The van der Waals surface area contributed by atoms with Crippen LogP contribution in [0.15, 0.2) is 24.5 Å². The molecule has 1 heterocycles. The van der Waals surface area contributed by atoms with E-state index >= 15 is 0 Å². The van der Waals surface area contributed by atoms with Crippen molar-refractivity contribution in [1.82, 2.24) is 4.98 Å². The van der Waals surface area contributed by atoms with E-state index in [-0.39, 0.29) is 5.97 Å². The number of carbonyl (C=O) groups is 1. The van der Waals surface area contributed by atoms with Gasteiger partial charge < -0.3 is 9.47 Å². The van der Waals surface area contributed by atoms with Gasteiger partial charge in [-0.05, 0) is 39.3 Å². The Bertz CT molecular complexity index is 343. The SMILES string of the molecule is CC(C)(C)OC(=O)CCCOc1ccncc1. The van der Waals surface area contributed by atoms with Crippen LogP contribution in [0.5, 0.6) is 5.75 Å². The summed E-state index contributed by atoms with van der Waals surface area (Å²) < 4.78 is 10.6. The van der Waals surface area contributed by atoms with Crippen molar-refractivity contribution in [3.05, 3.63) is 24.5 Å². The van der Waals surface area contributed by atoms with E-state index in [0.29, 0.717) is 19.4 Å². The van der Waals surface area contributed by atoms with Gasteiger partial charge in [0.15, 0.2) is 0 Å². The van der Waals surface area contributed by atoms with E-state index in [0.717, 1.165) is 5.75 Å². The van der Waals surface area contributed by atoms with Crippen molar-refractivity contribution in [3.8, 4) is 5.75 Å². The molecular weight excluding hydrogens is 218 g/mol. The molecule has 0 spiro atoms. The Morgan fingerprint density at radius 2 is 1.94 bits per heavy atom. The molecule has 1 aromatic heterocycles. The maximum atomic E-state index is 11.4. The standard InChI is InChI=1S/C13H19NO3/c1-13(2,3)17-12(15)5-4-10-16-11-6-8-14-9-7-11/h6-9H,4-5,10H2,1-3H3. The van der Waals surface area contributed by atoms with Gasteiger partial charge >= 0.3 is 5.97 Å². The van der Waals surface area contributed by atoms with Crippen molar-refractivity contribution in [2.45, 2.75) is 39.2 Å². The van der Waals surface area contributed by atoms with Crippen LogP contribution in [-0.4, -0.2) is 23.2 Å². The van der Waals surface area contributed by atoms with Crippen molar-refractivity contribution >= 4 is 5.97 Å². The lowest BCUT2D eigenvalue weighted by atomic mass is 10.2. The molecule has 0 aliphatic carbocycles. The van der Waals surface area contributed by atoms with Crippen molar-refractivity contribution < 1.29 is 14.3 Å². The average Bonchev–Trinajstić information content (AvgIpc) is 2.23. The van der Waals surface area contributed by atoms with Gasteiger partial charge in [0, 0.05) is 18.8 Å². The second-order valence-electron chi connectivity index (χ2n) is 4.72. The van der Waals surface area contributed by atoms with E-state index < -0.39 is 5.60 Å². The van der Waals surface area contributed by atoms with Crippen molar-refractivity contribution in [2.24, 2.45) is 0 Å². The highest BCUT2D eigenvalue weighted by Crippen LogP contribution is 2.10. The van der Waals surface area contributed by atoms with Gasteiger partial charge in [0.05, 0.1) is 6.61 Å². The molecule has 0 atom stereocenters. The lowest BCUT2D eigenvalue weighted by Gasteiger charge is -2.19. The lowest BCUT2D eigenvalue weighted by Crippen LogP contribution is -2.23. The van der Waals surface area contributed by atoms with E-state index in [1.54, 1.807) is 24.5 Å². The van der Waals surface area contributed by atoms with Gasteiger partial charge in [-0.15, -0.1) is 0 Å². The maximum Gasteiger partial charge on any atom is 0.306 e. The van der Waals surface area contributed by atoms with Crippen LogP contribution in [0.25, 0.3) is 0 Å². The fraction of sp³-hybridized carbons (Fsp3) is 0.538. The van der Waals surface area contributed by atoms with Crippen molar-refractivity contribution in [3.63, 3.8) is 0 Å². The molecule has 1 aromatic rings. The predicted molar refractivity (Wildman–Crippen MR) is 64.8 cm³/mol. The van der Waals surface area contributed by atoms with Crippen LogP contribution < -0.4 is 4.74 Å². The molecule has 0 amide bonds. The first kappa shape index (κ1) is 13.5. The zero-order valence-electron chi connectivity index (χ0n) is 10.6. The highest BCUT2D eigenvalue weighted by atomic mass is 16.6. The third-order valence-electron chi connectivity index (χ3n) is 1.86. The molecule has 0 radical (unpaired) electrons. The molecule has 0 aliphatic rings. The Morgan fingerprint density at radius 1 is 1.29 bits per heavy atom. The fourth-order valence-corrected chi connectivity index (χ4v) is 1.23. The van der Waals surface area contributed by atoms with Gasteiger partial charge in [-0.3, -0.25) is 9.78 Å². The monoisotopic (exact) mass is 237 g/mol. The Balaban J connectivity index is 2.14. The molecule has 0 fully saturated rings. The Labute approximate surface area is 102 Å². The maximum absolute atomic E-state index is 11.4. The number of rotatable bonds is 5. The van der Waals surface area contributed by atoms with E-state index in [2.05, 4.69) is 4.98 Å². The van der Waals surface area contributed by atoms with Crippen LogP contribution in [0.3, 0.4) is 0 Å². The summed E-state index contributed by atoms with van der Waals surface area (Å²) >= 11 is 0. The van der Waals surface area contributed by atoms with E-state index in [9.17, 15) is 4.79 Å². The van der Waals surface area contributed by atoms with E-state index in [1.165, 1.54) is 0 Å². The molecule has 0 N–H and O–H groups in total. The molecule has 0 saturated heterocycles. The average molecular weight is 237 g/mol. The first-order chi connectivity index (χ1) is 7.97. The minimum Gasteiger partial charge on any atom is -0.493 e. The third kappa shape index (κ3) is 6.56. The zero-order chi connectivity index (χ0) is 12.7. The summed E-state index contributed by atoms with van der Waals surface area (Å²) in [5.41, 5.74) is -0.414. The number of nitrogens with zero attached hydrogens (tertiary/aromatic N) is 1. The van der Waals surface area contributed by atoms with Gasteiger partial charge in [0.1, 0.15) is 11.4 Å². The van der Waals surface area contributed by atoms with Gasteiger partial charge in [-0.25, -0.2) is 0 Å². The van der Waals surface area contributed by atoms with Crippen molar-refractivity contribution in [2.75, 3.05) is 6.61 Å². The molecule has 0 unspecified atom stereocenters. The smallest absolute Gasteiger partial charge is 0.306 e. The molecule has 0 aromatic carbocycles. The second-order valence-corrected chi connectivity index (χ2v) is 4.72. The van der Waals surface area contributed by atoms with Crippen LogP contribution >= 0.6 is 0 Å². The first-order valence-corrected chi connectivity index (χ1v) is 5.72. The molecule has 0 saturated carbocycles. The Morgan fingerprint density at radius 3 is 2.53 bits per heavy atom. The quantitative estimate of drug-likeness (QED) is 0.583. The number of hydrogen-bond acceptors (Lipinski definition) is 4. The number of pyridine rings is 1. The predicted octanol–water partition coefficient (Wildman–Crippen LogP) is 2.58. The molecule has 0 aliphatic heterocycles. The van der Waals surface area contributed by atoms with Crippen LogP contribution in [0, 0.1) is 0 Å². The molecule has 4 nitrogen and oxygen atoms in total. The zero-order valence-corrected chi connectivity index (χ0v) is 10.6. The Kier molecular flexibility index (Phi) is 4.94. The lowest BCUT2D eigenvalue weighted by molar-refractivity contribution is -0.155. The number of carbonyl (C=O) groups excluding carboxylic acids is 1. The van der Waals surface area contributed by atoms with Gasteiger partial charge in [-0.1, -0.05) is 0 Å². The Hall–Kier alpha value is -1.58. The molecular formula is C13H19NO3. The first-order valence-electron chi connectivity index (χ1n) is 5.72. The molecule has 94 valence electrons. The molecule has 0 bridgehead atoms. The number of hydrogen-bond donors (Lipinski definition) is 0. The van der Waals surface area contributed by atoms with Gasteiger partial charge in [0.2, 0.25) is 0 Å². The summed E-state index contributed by atoms with van der Waals surface area (Å²) in [4.78, 5) is 15.3. The molecule has 4 heteroatoms. The van der Waals surface area contributed by atoms with Crippen LogP contribution in [0.2, 0.25) is 0 Å². The normalized spacial score (nSPS) is 11.0. The van der Waals surface area contributed by atoms with E-state index in [4.69, 9.17) is 9.47 Å². The topological polar surface area (TPSA) is 48.4 Å². The number of esters is 1. The highest BCUT2D eigenvalue weighted by Gasteiger charge is 2.15. The second kappa shape index (κ2) is 6.23. The fourth-order valence-electron chi connectivity index (χ4n) is 1.23. The minimum atomic E-state index is -0.414. The highest BCUT2D eigenvalue weighted by molar-refractivity contribution is 5.69. The van der Waals surface area contributed by atoms with Crippen molar-refractivity contribution in [1.29, 1.82) is 0 Å². The number of aromatic nitrogens is 1. The van der Waals surface area contributed by atoms with E-state index in [1.807, 2.05) is 20.8 Å². The third-order valence-corrected chi connectivity index (χ3v) is 1.86. The summed E-state index contributed by atoms with van der Waals surface area (Å²) in [5.74, 6) is 0.583. The summed E-state index contributed by atoms with van der Waals surface area (Å²) in [6.45, 7) is 6.08. The molecule has 1 rings (SSSR count). The summed E-state index contributed by atoms with van der Waals surface area (Å²) in [6.07, 6.45) is 4.37.